The fourth-order valence-electron chi connectivity index (χ4n) is 3.90. The summed E-state index contributed by atoms with van der Waals surface area (Å²) in [5.41, 5.74) is 4.52. The molecule has 5 aromatic rings. The van der Waals surface area contributed by atoms with Crippen molar-refractivity contribution in [2.24, 2.45) is 0 Å². The molecule has 2 aromatic heterocycles. The Morgan fingerprint density at radius 3 is 2.44 bits per heavy atom. The minimum Gasteiger partial charge on any atom is -0.492 e. The van der Waals surface area contributed by atoms with Crippen LogP contribution in [0, 0.1) is 0 Å². The molecule has 196 valence electrons. The van der Waals surface area contributed by atoms with E-state index in [9.17, 15) is 14.7 Å². The van der Waals surface area contributed by atoms with Crippen molar-refractivity contribution in [2.45, 2.75) is 16.9 Å². The Kier molecular flexibility index (Phi) is 8.18. The summed E-state index contributed by atoms with van der Waals surface area (Å²) in [6.45, 7) is 0.632. The maximum Gasteiger partial charge on any atom is 0.317 e. The number of nitrogens with zero attached hydrogens (tertiary/aromatic N) is 2. The fourth-order valence-corrected chi connectivity index (χ4v) is 4.81. The Hall–Kier alpha value is -4.63. The first-order valence-electron chi connectivity index (χ1n) is 12.3. The predicted octanol–water partition coefficient (Wildman–Crippen LogP) is 5.49. The van der Waals surface area contributed by atoms with Crippen LogP contribution in [-0.2, 0) is 11.2 Å². The van der Waals surface area contributed by atoms with Crippen LogP contribution in [0.5, 0.6) is 5.75 Å². The van der Waals surface area contributed by atoms with Gasteiger partial charge in [-0.25, -0.2) is 4.98 Å². The summed E-state index contributed by atoms with van der Waals surface area (Å²) in [6.07, 6.45) is 2.03. The highest BCUT2D eigenvalue weighted by molar-refractivity contribution is 8.00. The van der Waals surface area contributed by atoms with Gasteiger partial charge in [0.25, 0.3) is 11.1 Å². The average Bonchev–Trinajstić information content (AvgIpc) is 3.39. The molecule has 0 bridgehead atoms. The topological polar surface area (TPSA) is 115 Å². The molecule has 0 saturated heterocycles. The van der Waals surface area contributed by atoms with E-state index >= 15 is 0 Å². The van der Waals surface area contributed by atoms with Crippen molar-refractivity contribution in [1.29, 1.82) is 0 Å². The first kappa shape index (κ1) is 26.0. The zero-order valence-electron chi connectivity index (χ0n) is 20.8. The number of aromatic nitrogens is 2. The molecule has 3 aromatic carbocycles. The molecule has 39 heavy (non-hydrogen) atoms. The molecule has 1 unspecified atom stereocenters. The zero-order chi connectivity index (χ0) is 27.0. The van der Waals surface area contributed by atoms with Crippen LogP contribution in [0.4, 0.5) is 0 Å². The van der Waals surface area contributed by atoms with Gasteiger partial charge in [-0.05, 0) is 60.5 Å². The molecule has 5 rings (SSSR count). The van der Waals surface area contributed by atoms with E-state index in [2.05, 4.69) is 15.3 Å². The average molecular weight is 540 g/mol. The first-order chi connectivity index (χ1) is 19.0. The van der Waals surface area contributed by atoms with Gasteiger partial charge in [-0.1, -0.05) is 54.2 Å². The summed E-state index contributed by atoms with van der Waals surface area (Å²) < 4.78 is 11.4. The van der Waals surface area contributed by atoms with Gasteiger partial charge in [-0.15, -0.1) is 0 Å². The van der Waals surface area contributed by atoms with Crippen LogP contribution < -0.4 is 10.1 Å². The van der Waals surface area contributed by atoms with Crippen molar-refractivity contribution in [2.75, 3.05) is 13.2 Å². The van der Waals surface area contributed by atoms with Crippen LogP contribution in [0.1, 0.15) is 15.9 Å². The molecule has 2 N–H and O–H groups in total. The van der Waals surface area contributed by atoms with Crippen molar-refractivity contribution in [3.63, 3.8) is 0 Å². The van der Waals surface area contributed by atoms with Gasteiger partial charge in [0, 0.05) is 17.3 Å². The predicted molar refractivity (Wildman–Crippen MR) is 149 cm³/mol. The lowest BCUT2D eigenvalue weighted by Crippen LogP contribution is -2.28. The Balaban J connectivity index is 1.08. The molecule has 9 heteroatoms. The molecule has 0 radical (unpaired) electrons. The summed E-state index contributed by atoms with van der Waals surface area (Å²) in [4.78, 5) is 33.0. The van der Waals surface area contributed by atoms with E-state index in [1.807, 2.05) is 60.7 Å². The van der Waals surface area contributed by atoms with Gasteiger partial charge in [0.05, 0.1) is 12.2 Å². The second-order valence-corrected chi connectivity index (χ2v) is 9.79. The third-order valence-electron chi connectivity index (χ3n) is 5.90. The second kappa shape index (κ2) is 12.3. The third kappa shape index (κ3) is 6.82. The summed E-state index contributed by atoms with van der Waals surface area (Å²) >= 11 is 1.09. The van der Waals surface area contributed by atoms with Crippen LogP contribution in [0.15, 0.2) is 107 Å². The Bertz CT molecular complexity index is 1520. The zero-order valence-corrected chi connectivity index (χ0v) is 21.6. The maximum atomic E-state index is 12.4. The van der Waals surface area contributed by atoms with Crippen molar-refractivity contribution >= 4 is 34.7 Å². The number of carboxylic acid groups (broad SMARTS) is 1. The van der Waals surface area contributed by atoms with Crippen molar-refractivity contribution < 1.29 is 23.8 Å². The molecule has 0 spiro atoms. The quantitative estimate of drug-likeness (QED) is 0.167. The molecule has 0 aliphatic carbocycles. The molecular weight excluding hydrogens is 514 g/mol. The lowest BCUT2D eigenvalue weighted by molar-refractivity contribution is -0.136. The van der Waals surface area contributed by atoms with Gasteiger partial charge in [-0.2, -0.15) is 0 Å². The lowest BCUT2D eigenvalue weighted by Gasteiger charge is -2.11. The first-order valence-corrected chi connectivity index (χ1v) is 13.2. The van der Waals surface area contributed by atoms with Crippen LogP contribution in [-0.4, -0.2) is 45.4 Å². The fraction of sp³-hybridized carbons (Fsp3) is 0.133. The minimum atomic E-state index is -0.940. The van der Waals surface area contributed by atoms with Gasteiger partial charge >= 0.3 is 5.97 Å². The Morgan fingerprint density at radius 1 is 0.949 bits per heavy atom. The summed E-state index contributed by atoms with van der Waals surface area (Å²) in [5, 5.41) is 12.1. The molecule has 0 saturated carbocycles. The van der Waals surface area contributed by atoms with E-state index in [1.165, 1.54) is 0 Å². The molecule has 1 amide bonds. The van der Waals surface area contributed by atoms with Crippen LogP contribution in [0.25, 0.3) is 22.4 Å². The molecule has 2 heterocycles. The molecule has 0 aliphatic rings. The second-order valence-electron chi connectivity index (χ2n) is 8.64. The van der Waals surface area contributed by atoms with Crippen molar-refractivity contribution in [3.8, 4) is 17.0 Å². The van der Waals surface area contributed by atoms with Gasteiger partial charge < -0.3 is 19.6 Å². The largest absolute Gasteiger partial charge is 0.492 e. The number of rotatable bonds is 11. The normalized spacial score (nSPS) is 11.7. The number of fused-ring (bicyclic) bond motifs is 1. The van der Waals surface area contributed by atoms with Gasteiger partial charge in [0.1, 0.15) is 23.1 Å². The summed E-state index contributed by atoms with van der Waals surface area (Å²) in [5.74, 6) is -0.492. The van der Waals surface area contributed by atoms with Gasteiger partial charge in [-0.3, -0.25) is 14.6 Å². The van der Waals surface area contributed by atoms with E-state index in [-0.39, 0.29) is 5.91 Å². The van der Waals surface area contributed by atoms with Crippen LogP contribution >= 0.6 is 11.8 Å². The highest BCUT2D eigenvalue weighted by Gasteiger charge is 2.22. The molecule has 8 nitrogen and oxygen atoms in total. The number of carbonyl (C=O) groups excluding carboxylic acids is 1. The van der Waals surface area contributed by atoms with Crippen molar-refractivity contribution in [3.05, 3.63) is 108 Å². The number of amides is 1. The number of para-hydroxylation sites is 2. The number of nitrogens with one attached hydrogen (secondary N) is 1. The lowest BCUT2D eigenvalue weighted by atomic mass is 10.1. The van der Waals surface area contributed by atoms with E-state index in [1.54, 1.807) is 36.5 Å². The Morgan fingerprint density at radius 2 is 1.72 bits per heavy atom. The van der Waals surface area contributed by atoms with E-state index in [0.29, 0.717) is 47.2 Å². The number of hydrogen-bond donors (Lipinski definition) is 2. The molecule has 1 atom stereocenters. The number of aliphatic carboxylic acids is 1. The number of hydrogen-bond acceptors (Lipinski definition) is 7. The van der Waals surface area contributed by atoms with Crippen LogP contribution in [0.3, 0.4) is 0 Å². The Labute approximate surface area is 229 Å². The highest BCUT2D eigenvalue weighted by Crippen LogP contribution is 2.29. The summed E-state index contributed by atoms with van der Waals surface area (Å²) in [7, 11) is 0. The molecule has 0 aliphatic heterocycles. The number of carbonyl (C=O) groups is 2. The number of ether oxygens (including phenoxy) is 1. The minimum absolute atomic E-state index is 0.183. The third-order valence-corrected chi connectivity index (χ3v) is 6.93. The van der Waals surface area contributed by atoms with Crippen LogP contribution in [0.2, 0.25) is 0 Å². The standard InChI is InChI=1S/C30H25N3O5S/c34-28(22-12-10-21(11-13-22)24-5-3-4-16-31-24)32-17-18-37-23-14-8-20(9-15-23)19-27(29(35)36)39-30-33-25-6-1-2-7-26(25)38-30/h1-16,27H,17-19H2,(H,32,34)(H,35,36). The van der Waals surface area contributed by atoms with E-state index in [4.69, 9.17) is 9.15 Å². The number of pyridine rings is 1. The SMILES string of the molecule is O=C(NCCOc1ccc(CC(Sc2nc3ccccc3o2)C(=O)O)cc1)c1ccc(-c2ccccn2)cc1. The number of carboxylic acids is 1. The highest BCUT2D eigenvalue weighted by atomic mass is 32.2. The number of thioether (sulfide) groups is 1. The van der Waals surface area contributed by atoms with Crippen molar-refractivity contribution in [1.82, 2.24) is 15.3 Å². The van der Waals surface area contributed by atoms with Gasteiger partial charge in [0.15, 0.2) is 5.58 Å². The smallest absolute Gasteiger partial charge is 0.317 e. The molecular formula is C30H25N3O5S. The monoisotopic (exact) mass is 539 g/mol. The number of benzene rings is 3. The van der Waals surface area contributed by atoms with Gasteiger partial charge in [0.2, 0.25) is 0 Å². The molecule has 0 fully saturated rings. The summed E-state index contributed by atoms with van der Waals surface area (Å²) in [6, 6.07) is 27.5. The maximum absolute atomic E-state index is 12.4. The van der Waals surface area contributed by atoms with E-state index < -0.39 is 11.2 Å². The number of oxazole rings is 1. The van der Waals surface area contributed by atoms with E-state index in [0.717, 1.165) is 28.6 Å².